The molecule has 104 valence electrons. The van der Waals surface area contributed by atoms with Crippen LogP contribution in [0.3, 0.4) is 0 Å². The average molecular weight is 283 g/mol. The van der Waals surface area contributed by atoms with Crippen molar-refractivity contribution in [3.05, 3.63) is 66.2 Å². The maximum Gasteiger partial charge on any atom is 0.162 e. The number of aromatic nitrogens is 2. The van der Waals surface area contributed by atoms with Gasteiger partial charge in [-0.05, 0) is 18.2 Å². The van der Waals surface area contributed by atoms with Crippen molar-refractivity contribution >= 4 is 5.82 Å². The van der Waals surface area contributed by atoms with Gasteiger partial charge in [0.05, 0.1) is 5.69 Å². The highest BCUT2D eigenvalue weighted by molar-refractivity contribution is 5.67. The van der Waals surface area contributed by atoms with Gasteiger partial charge >= 0.3 is 0 Å². The predicted octanol–water partition coefficient (Wildman–Crippen LogP) is 3.67. The number of hydrogen-bond acceptors (Lipinski definition) is 3. The molecule has 0 bridgehead atoms. The lowest BCUT2D eigenvalue weighted by molar-refractivity contribution is 0.602. The van der Waals surface area contributed by atoms with Gasteiger partial charge in [0, 0.05) is 17.2 Å². The van der Waals surface area contributed by atoms with E-state index in [-0.39, 0.29) is 17.1 Å². The summed E-state index contributed by atoms with van der Waals surface area (Å²) in [5.41, 5.74) is 6.81. The summed E-state index contributed by atoms with van der Waals surface area (Å²) in [6.45, 7) is 0. The van der Waals surface area contributed by atoms with E-state index in [1.807, 2.05) is 30.3 Å². The van der Waals surface area contributed by atoms with Crippen LogP contribution in [0.25, 0.3) is 22.6 Å². The Morgan fingerprint density at radius 2 is 1.62 bits per heavy atom. The predicted molar refractivity (Wildman–Crippen MR) is 77.2 cm³/mol. The molecule has 0 aliphatic rings. The molecule has 3 aromatic rings. The molecule has 3 rings (SSSR count). The first-order valence-corrected chi connectivity index (χ1v) is 6.29. The van der Waals surface area contributed by atoms with Crippen molar-refractivity contribution in [2.45, 2.75) is 0 Å². The average Bonchev–Trinajstić information content (AvgIpc) is 2.50. The molecule has 0 unspecified atom stereocenters. The molecule has 0 atom stereocenters. The maximum atomic E-state index is 13.9. The summed E-state index contributed by atoms with van der Waals surface area (Å²) in [4.78, 5) is 8.41. The van der Waals surface area contributed by atoms with Crippen LogP contribution in [-0.2, 0) is 0 Å². The quantitative estimate of drug-likeness (QED) is 0.780. The number of nitrogen functional groups attached to an aromatic ring is 1. The lowest BCUT2D eigenvalue weighted by Crippen LogP contribution is -1.99. The van der Waals surface area contributed by atoms with E-state index in [0.29, 0.717) is 5.82 Å². The highest BCUT2D eigenvalue weighted by Gasteiger charge is 2.11. The van der Waals surface area contributed by atoms with Gasteiger partial charge in [0.25, 0.3) is 0 Å². The molecular weight excluding hydrogens is 272 g/mol. The number of nitrogens with two attached hydrogens (primary N) is 1. The molecular formula is C16H11F2N3. The van der Waals surface area contributed by atoms with Crippen molar-refractivity contribution in [1.82, 2.24) is 9.97 Å². The Labute approximate surface area is 120 Å². The third kappa shape index (κ3) is 2.72. The van der Waals surface area contributed by atoms with Gasteiger partial charge in [0.15, 0.2) is 5.82 Å². The van der Waals surface area contributed by atoms with Gasteiger partial charge in [-0.15, -0.1) is 0 Å². The van der Waals surface area contributed by atoms with Gasteiger partial charge in [0.2, 0.25) is 0 Å². The minimum atomic E-state index is -0.562. The second-order valence-corrected chi connectivity index (χ2v) is 4.49. The Balaban J connectivity index is 2.16. The zero-order chi connectivity index (χ0) is 14.8. The number of nitrogens with zero attached hydrogens (tertiary/aromatic N) is 2. The first-order valence-electron chi connectivity index (χ1n) is 6.29. The van der Waals surface area contributed by atoms with Gasteiger partial charge in [-0.1, -0.05) is 30.3 Å². The molecule has 1 heterocycles. The molecule has 0 spiro atoms. The topological polar surface area (TPSA) is 51.8 Å². The third-order valence-corrected chi connectivity index (χ3v) is 2.98. The number of rotatable bonds is 2. The molecule has 0 radical (unpaired) electrons. The zero-order valence-electron chi connectivity index (χ0n) is 10.9. The molecule has 2 N–H and O–H groups in total. The van der Waals surface area contributed by atoms with Gasteiger partial charge in [-0.25, -0.2) is 18.7 Å². The van der Waals surface area contributed by atoms with Crippen molar-refractivity contribution in [2.24, 2.45) is 0 Å². The Hall–Kier alpha value is -2.82. The highest BCUT2D eigenvalue weighted by atomic mass is 19.1. The second kappa shape index (κ2) is 5.28. The van der Waals surface area contributed by atoms with E-state index in [1.165, 1.54) is 6.07 Å². The summed E-state index contributed by atoms with van der Waals surface area (Å²) < 4.78 is 27.2. The van der Waals surface area contributed by atoms with Crippen LogP contribution in [0.1, 0.15) is 0 Å². The van der Waals surface area contributed by atoms with E-state index in [2.05, 4.69) is 9.97 Å². The molecule has 0 saturated carbocycles. The molecule has 2 aromatic carbocycles. The molecule has 5 heteroatoms. The lowest BCUT2D eigenvalue weighted by atomic mass is 10.1. The number of benzene rings is 2. The fourth-order valence-electron chi connectivity index (χ4n) is 2.01. The normalized spacial score (nSPS) is 10.6. The van der Waals surface area contributed by atoms with Crippen LogP contribution >= 0.6 is 0 Å². The van der Waals surface area contributed by atoms with Crippen molar-refractivity contribution in [1.29, 1.82) is 0 Å². The number of halogens is 2. The fraction of sp³-hybridized carbons (Fsp3) is 0. The molecule has 1 aromatic heterocycles. The molecule has 0 amide bonds. The number of anilines is 1. The van der Waals surface area contributed by atoms with Crippen LogP contribution in [-0.4, -0.2) is 9.97 Å². The van der Waals surface area contributed by atoms with Gasteiger partial charge < -0.3 is 5.73 Å². The lowest BCUT2D eigenvalue weighted by Gasteiger charge is -2.07. The summed E-state index contributed by atoms with van der Waals surface area (Å²) in [7, 11) is 0. The van der Waals surface area contributed by atoms with Gasteiger partial charge in [-0.3, -0.25) is 0 Å². The van der Waals surface area contributed by atoms with E-state index >= 15 is 0 Å². The summed E-state index contributed by atoms with van der Waals surface area (Å²) in [5, 5.41) is 0. The first kappa shape index (κ1) is 13.2. The van der Waals surface area contributed by atoms with E-state index in [9.17, 15) is 8.78 Å². The monoisotopic (exact) mass is 283 g/mol. The van der Waals surface area contributed by atoms with E-state index in [4.69, 9.17) is 5.73 Å². The first-order chi connectivity index (χ1) is 10.1. The smallest absolute Gasteiger partial charge is 0.162 e. The second-order valence-electron chi connectivity index (χ2n) is 4.49. The van der Waals surface area contributed by atoms with Crippen molar-refractivity contribution in [3.8, 4) is 22.6 Å². The van der Waals surface area contributed by atoms with Crippen LogP contribution in [0.4, 0.5) is 14.6 Å². The van der Waals surface area contributed by atoms with Crippen molar-refractivity contribution < 1.29 is 8.78 Å². The Morgan fingerprint density at radius 1 is 0.857 bits per heavy atom. The summed E-state index contributed by atoms with van der Waals surface area (Å²) >= 11 is 0. The van der Waals surface area contributed by atoms with Crippen molar-refractivity contribution in [2.75, 3.05) is 5.73 Å². The Bertz CT molecular complexity index is 789. The van der Waals surface area contributed by atoms with Gasteiger partial charge in [-0.2, -0.15) is 0 Å². The standard InChI is InChI=1S/C16H11F2N3/c17-11-6-7-13(18)12(8-11)14-9-15(19)21-16(20-14)10-4-2-1-3-5-10/h1-9H,(H2,19,20,21). The van der Waals surface area contributed by atoms with E-state index in [0.717, 1.165) is 23.8 Å². The van der Waals surface area contributed by atoms with Crippen LogP contribution in [0.15, 0.2) is 54.6 Å². The Kier molecular flexibility index (Phi) is 3.31. The summed E-state index contributed by atoms with van der Waals surface area (Å²) in [6.07, 6.45) is 0. The molecule has 21 heavy (non-hydrogen) atoms. The molecule has 0 aliphatic heterocycles. The van der Waals surface area contributed by atoms with E-state index in [1.54, 1.807) is 0 Å². The molecule has 0 aliphatic carbocycles. The zero-order valence-corrected chi connectivity index (χ0v) is 10.9. The minimum Gasteiger partial charge on any atom is -0.384 e. The highest BCUT2D eigenvalue weighted by Crippen LogP contribution is 2.26. The molecule has 0 saturated heterocycles. The summed E-state index contributed by atoms with van der Waals surface area (Å²) in [6, 6.07) is 13.8. The minimum absolute atomic E-state index is 0.0567. The van der Waals surface area contributed by atoms with Crippen LogP contribution < -0.4 is 5.73 Å². The van der Waals surface area contributed by atoms with Crippen LogP contribution in [0.2, 0.25) is 0 Å². The molecule has 3 nitrogen and oxygen atoms in total. The SMILES string of the molecule is Nc1cc(-c2cc(F)ccc2F)nc(-c2ccccc2)n1. The summed E-state index contributed by atoms with van der Waals surface area (Å²) in [5.74, 6) is -0.532. The third-order valence-electron chi connectivity index (χ3n) is 2.98. The van der Waals surface area contributed by atoms with Crippen molar-refractivity contribution in [3.63, 3.8) is 0 Å². The van der Waals surface area contributed by atoms with Crippen LogP contribution in [0.5, 0.6) is 0 Å². The Morgan fingerprint density at radius 3 is 2.38 bits per heavy atom. The van der Waals surface area contributed by atoms with Gasteiger partial charge in [0.1, 0.15) is 17.5 Å². The largest absolute Gasteiger partial charge is 0.384 e. The maximum absolute atomic E-state index is 13.9. The molecule has 0 fully saturated rings. The fourth-order valence-corrected chi connectivity index (χ4v) is 2.01. The number of hydrogen-bond donors (Lipinski definition) is 1. The van der Waals surface area contributed by atoms with E-state index < -0.39 is 11.6 Å². The van der Waals surface area contributed by atoms with Crippen LogP contribution in [0, 0.1) is 11.6 Å².